The summed E-state index contributed by atoms with van der Waals surface area (Å²) >= 11 is 0. The summed E-state index contributed by atoms with van der Waals surface area (Å²) in [5.74, 6) is 0. The second-order valence-corrected chi connectivity index (χ2v) is 32.8. The first kappa shape index (κ1) is 71.7. The van der Waals surface area contributed by atoms with Gasteiger partial charge in [-0.25, -0.2) is 0 Å². The molecule has 0 saturated heterocycles. The summed E-state index contributed by atoms with van der Waals surface area (Å²) in [4.78, 5) is 0. The molecule has 0 atom stereocenters. The first-order valence-electron chi connectivity index (χ1n) is 42.7. The average molecular weight is 1580 g/mol. The fourth-order valence-corrected chi connectivity index (χ4v) is 19.5. The van der Waals surface area contributed by atoms with Crippen LogP contribution in [0.2, 0.25) is 0 Å². The lowest BCUT2D eigenvalue weighted by atomic mass is 9.93. The maximum Gasteiger partial charge on any atom is 0.0541 e. The first-order chi connectivity index (χ1) is 61.4. The Balaban J connectivity index is 0.587. The average Bonchev–Trinajstić information content (AvgIpc) is 1.58. The molecule has 24 aromatic rings. The van der Waals surface area contributed by atoms with Crippen LogP contribution in [0.4, 0.5) is 0 Å². The van der Waals surface area contributed by atoms with E-state index in [1.807, 2.05) is 0 Å². The molecule has 0 unspecified atom stereocenters. The fourth-order valence-electron chi connectivity index (χ4n) is 19.5. The molecule has 4 heterocycles. The van der Waals surface area contributed by atoms with Crippen molar-refractivity contribution in [2.24, 2.45) is 0 Å². The highest BCUT2D eigenvalue weighted by Gasteiger charge is 2.23. The molecule has 4 nitrogen and oxygen atoms in total. The van der Waals surface area contributed by atoms with Gasteiger partial charge in [-0.05, 0) is 292 Å². The molecule has 0 bridgehead atoms. The van der Waals surface area contributed by atoms with E-state index in [-0.39, 0.29) is 0 Å². The molecule has 0 fully saturated rings. The predicted octanol–water partition coefficient (Wildman–Crippen LogP) is 32.4. The van der Waals surface area contributed by atoms with Crippen LogP contribution >= 0.6 is 0 Å². The third kappa shape index (κ3) is 12.5. The minimum absolute atomic E-state index is 1.09. The minimum atomic E-state index is 1.09. The van der Waals surface area contributed by atoms with Crippen LogP contribution in [0.5, 0.6) is 0 Å². The molecule has 578 valence electrons. The van der Waals surface area contributed by atoms with E-state index < -0.39 is 0 Å². The van der Waals surface area contributed by atoms with Gasteiger partial charge in [0.15, 0.2) is 0 Å². The molecule has 0 aliphatic heterocycles. The molecule has 4 aromatic heterocycles. The molecule has 24 rings (SSSR count). The number of para-hydroxylation sites is 2. The van der Waals surface area contributed by atoms with Crippen LogP contribution in [0.15, 0.2) is 473 Å². The number of aromatic nitrogens is 4. The van der Waals surface area contributed by atoms with Crippen molar-refractivity contribution in [3.8, 4) is 145 Å². The number of benzene rings is 20. The lowest BCUT2D eigenvalue weighted by Gasteiger charge is -2.14. The van der Waals surface area contributed by atoms with E-state index in [1.165, 1.54) is 132 Å². The van der Waals surface area contributed by atoms with Gasteiger partial charge in [0.2, 0.25) is 0 Å². The summed E-state index contributed by atoms with van der Waals surface area (Å²) in [6, 6.07) is 175. The van der Waals surface area contributed by atoms with Crippen LogP contribution in [-0.2, 0) is 0 Å². The molecule has 0 aliphatic carbocycles. The SMILES string of the molecule is c1ccc(-c2cc(-c3ccccc3)cc(-c3cccc(-n4c5ccccc5c5cc(-c6ccc7c(c6)c6cc(-c8ccccc8)ccc6n7-c6cccc(-c7cccc(-n8c9ccc(-c%10ccccc%10)cc9c9cc(-c%10ccc%11c(c%10)c%10ccccc%10n%11-c%10cccc(-c%11cc(-c%12ccccc%12)cc(-c%12ccccc%12)c%11)c%10)ccc98)c7)c6)ccc54)c3)c2)cc1. The standard InChI is InChI=1S/C120H78N4/c1-7-27-79(28-8-1)89-51-57-117-109(73-89)111-77-93(91-53-59-115-107(75-91)105-47-19-21-49-113(105)121(115)103-45-25-41-87(71-103)99-65-95(81-31-11-3-12-32-81)63-96(66-99)82-33-13-4-14-34-82)55-61-119(111)123(117)101-43-23-39-85(69-101)86-40-24-44-102(70-86)124-118-58-52-90(80-29-9-2-10-30-80)74-110(118)112-78-94(56-62-120(112)124)92-54-60-116-108(76-92)106-48-20-22-50-114(106)122(116)104-46-26-42-88(72-104)100-67-97(83-35-15-5-16-36-83)64-98(68-100)84-37-17-6-18-38-84/h1-78H. The van der Waals surface area contributed by atoms with Crippen molar-refractivity contribution < 1.29 is 0 Å². The van der Waals surface area contributed by atoms with E-state index in [4.69, 9.17) is 0 Å². The second-order valence-electron chi connectivity index (χ2n) is 32.8. The highest BCUT2D eigenvalue weighted by Crippen LogP contribution is 2.46. The quantitative estimate of drug-likeness (QED) is 0.0975. The molecule has 0 N–H and O–H groups in total. The zero-order valence-corrected chi connectivity index (χ0v) is 67.8. The first-order valence-corrected chi connectivity index (χ1v) is 42.7. The summed E-state index contributed by atoms with van der Waals surface area (Å²) in [7, 11) is 0. The molecule has 124 heavy (non-hydrogen) atoms. The third-order valence-corrected chi connectivity index (χ3v) is 25.5. The van der Waals surface area contributed by atoms with E-state index in [9.17, 15) is 0 Å². The smallest absolute Gasteiger partial charge is 0.0541 e. The fraction of sp³-hybridized carbons (Fsp3) is 0. The Morgan fingerprint density at radius 2 is 0.250 bits per heavy atom. The van der Waals surface area contributed by atoms with Gasteiger partial charge in [0.1, 0.15) is 0 Å². The maximum absolute atomic E-state index is 2.47. The molecule has 0 amide bonds. The summed E-state index contributed by atoms with van der Waals surface area (Å²) in [6.45, 7) is 0. The largest absolute Gasteiger partial charge is 0.309 e. The van der Waals surface area contributed by atoms with Crippen LogP contribution in [0.3, 0.4) is 0 Å². The Morgan fingerprint density at radius 3 is 0.492 bits per heavy atom. The van der Waals surface area contributed by atoms with Crippen molar-refractivity contribution in [3.63, 3.8) is 0 Å². The van der Waals surface area contributed by atoms with Gasteiger partial charge in [-0.15, -0.1) is 0 Å². The second kappa shape index (κ2) is 29.8. The number of hydrogen-bond donors (Lipinski definition) is 0. The van der Waals surface area contributed by atoms with Gasteiger partial charge in [0.05, 0.1) is 44.1 Å². The zero-order valence-electron chi connectivity index (χ0n) is 67.8. The molecule has 4 heteroatoms. The van der Waals surface area contributed by atoms with Gasteiger partial charge in [-0.3, -0.25) is 0 Å². The summed E-state index contributed by atoms with van der Waals surface area (Å²) in [6.07, 6.45) is 0. The lowest BCUT2D eigenvalue weighted by molar-refractivity contribution is 1.17. The van der Waals surface area contributed by atoms with Crippen LogP contribution in [0.1, 0.15) is 0 Å². The Hall–Kier alpha value is -16.4. The van der Waals surface area contributed by atoms with E-state index in [2.05, 4.69) is 491 Å². The normalized spacial score (nSPS) is 11.7. The van der Waals surface area contributed by atoms with Gasteiger partial charge in [0.25, 0.3) is 0 Å². The number of fused-ring (bicyclic) bond motifs is 12. The Kier molecular flexibility index (Phi) is 17.2. The Bertz CT molecular complexity index is 7710. The Morgan fingerprint density at radius 1 is 0.0887 bits per heavy atom. The van der Waals surface area contributed by atoms with Gasteiger partial charge in [-0.1, -0.05) is 303 Å². The molecule has 20 aromatic carbocycles. The van der Waals surface area contributed by atoms with Crippen molar-refractivity contribution in [2.75, 3.05) is 0 Å². The van der Waals surface area contributed by atoms with E-state index in [0.717, 1.165) is 100 Å². The molecule has 0 saturated carbocycles. The molecule has 0 spiro atoms. The van der Waals surface area contributed by atoms with Crippen molar-refractivity contribution in [2.45, 2.75) is 0 Å². The van der Waals surface area contributed by atoms with E-state index >= 15 is 0 Å². The molecule has 0 radical (unpaired) electrons. The highest BCUT2D eigenvalue weighted by atomic mass is 15.0. The van der Waals surface area contributed by atoms with Gasteiger partial charge in [-0.2, -0.15) is 0 Å². The molecular weight excluding hydrogens is 1500 g/mol. The maximum atomic E-state index is 2.47. The minimum Gasteiger partial charge on any atom is -0.309 e. The Labute approximate surface area is 718 Å². The number of rotatable bonds is 15. The van der Waals surface area contributed by atoms with Gasteiger partial charge < -0.3 is 18.3 Å². The van der Waals surface area contributed by atoms with Crippen LogP contribution in [0, 0.1) is 0 Å². The van der Waals surface area contributed by atoms with Crippen LogP contribution in [-0.4, -0.2) is 18.3 Å². The topological polar surface area (TPSA) is 19.7 Å². The van der Waals surface area contributed by atoms with E-state index in [0.29, 0.717) is 0 Å². The van der Waals surface area contributed by atoms with Crippen molar-refractivity contribution in [3.05, 3.63) is 473 Å². The molecular formula is C120H78N4. The van der Waals surface area contributed by atoms with Gasteiger partial charge >= 0.3 is 0 Å². The zero-order chi connectivity index (χ0) is 81.7. The molecule has 0 aliphatic rings. The number of nitrogens with zero attached hydrogens (tertiary/aromatic N) is 4. The van der Waals surface area contributed by atoms with Crippen LogP contribution < -0.4 is 0 Å². The van der Waals surface area contributed by atoms with Crippen LogP contribution in [0.25, 0.3) is 232 Å². The summed E-state index contributed by atoms with van der Waals surface area (Å²) in [5.41, 5.74) is 39.5. The summed E-state index contributed by atoms with van der Waals surface area (Å²) in [5, 5.41) is 9.63. The van der Waals surface area contributed by atoms with Crippen molar-refractivity contribution in [1.29, 1.82) is 0 Å². The van der Waals surface area contributed by atoms with Crippen molar-refractivity contribution in [1.82, 2.24) is 18.3 Å². The number of hydrogen-bond acceptors (Lipinski definition) is 0. The highest BCUT2D eigenvalue weighted by molar-refractivity contribution is 6.16. The summed E-state index contributed by atoms with van der Waals surface area (Å²) < 4.78 is 9.84. The monoisotopic (exact) mass is 1570 g/mol. The van der Waals surface area contributed by atoms with Crippen molar-refractivity contribution >= 4 is 87.2 Å². The third-order valence-electron chi connectivity index (χ3n) is 25.5. The lowest BCUT2D eigenvalue weighted by Crippen LogP contribution is -1.96. The predicted molar refractivity (Wildman–Crippen MR) is 524 cm³/mol. The van der Waals surface area contributed by atoms with Gasteiger partial charge in [0, 0.05) is 65.8 Å². The van der Waals surface area contributed by atoms with E-state index in [1.54, 1.807) is 0 Å².